The Kier molecular flexibility index (Phi) is 9.30. The van der Waals surface area contributed by atoms with Crippen LogP contribution in [0.4, 0.5) is 13.2 Å². The van der Waals surface area contributed by atoms with Crippen LogP contribution >= 0.6 is 0 Å². The number of hydrogen-bond donors (Lipinski definition) is 0. The minimum absolute atomic E-state index is 0.00477. The van der Waals surface area contributed by atoms with Crippen LogP contribution in [0, 0.1) is 0 Å². The van der Waals surface area contributed by atoms with Gasteiger partial charge in [-0.3, -0.25) is 0 Å². The van der Waals surface area contributed by atoms with E-state index in [1.54, 1.807) is 12.1 Å². The maximum Gasteiger partial charge on any atom is 0.416 e. The van der Waals surface area contributed by atoms with Crippen LogP contribution in [0.2, 0.25) is 0 Å². The van der Waals surface area contributed by atoms with Gasteiger partial charge in [0.15, 0.2) is 10.5 Å². The molecule has 0 atom stereocenters. The fourth-order valence-corrected chi connectivity index (χ4v) is 3.17. The molecule has 26 heavy (non-hydrogen) atoms. The summed E-state index contributed by atoms with van der Waals surface area (Å²) in [5, 5.41) is 0. The largest absolute Gasteiger partial charge is 0.416 e. The van der Waals surface area contributed by atoms with E-state index in [0.29, 0.717) is 16.9 Å². The summed E-state index contributed by atoms with van der Waals surface area (Å²) >= 11 is 0. The number of alkyl halides is 3. The van der Waals surface area contributed by atoms with E-state index >= 15 is 0 Å². The van der Waals surface area contributed by atoms with Crippen molar-refractivity contribution in [2.75, 3.05) is 0 Å². The molecule has 150 valence electrons. The highest BCUT2D eigenvalue weighted by molar-refractivity contribution is 5.98. The maximum atomic E-state index is 12.6. The second kappa shape index (κ2) is 10.4. The van der Waals surface area contributed by atoms with Crippen molar-refractivity contribution in [3.8, 4) is 0 Å². The second-order valence-corrected chi connectivity index (χ2v) is 7.38. The quantitative estimate of drug-likeness (QED) is 0.313. The van der Waals surface area contributed by atoms with Gasteiger partial charge in [-0.25, -0.2) is 0 Å². The minimum atomic E-state index is -4.28. The number of unbranched alkanes of at least 4 members (excludes halogenated alkanes) is 2. The molecule has 0 aromatic heterocycles. The summed E-state index contributed by atoms with van der Waals surface area (Å²) in [7, 11) is 0.509. The fraction of sp³-hybridized carbons (Fsp3) is 0.684. The average molecular weight is 393 g/mol. The molecule has 1 rings (SSSR count). The molecule has 0 bridgehead atoms. The molecule has 0 aliphatic carbocycles. The fourth-order valence-electron chi connectivity index (χ4n) is 2.77. The zero-order valence-corrected chi connectivity index (χ0v) is 18.4. The predicted octanol–water partition coefficient (Wildman–Crippen LogP) is 4.61. The normalized spacial score (nSPS) is 13.1. The van der Waals surface area contributed by atoms with Gasteiger partial charge >= 0.3 is 6.18 Å². The summed E-state index contributed by atoms with van der Waals surface area (Å²) in [5.41, 5.74) is 0.312. The van der Waals surface area contributed by atoms with Crippen LogP contribution in [-0.2, 0) is 26.5 Å². The Morgan fingerprint density at radius 3 is 1.85 bits per heavy atom. The molecule has 0 aliphatic rings. The Morgan fingerprint density at radius 1 is 0.885 bits per heavy atom. The zero-order valence-electron chi connectivity index (χ0n) is 16.4. The lowest BCUT2D eigenvalue weighted by Crippen LogP contribution is -2.42. The molecule has 3 nitrogen and oxygen atoms in total. The molecular weight excluding hydrogens is 361 g/mol. The van der Waals surface area contributed by atoms with Gasteiger partial charge in [-0.2, -0.15) is 13.2 Å². The Bertz CT molecular complexity index is 506. The summed E-state index contributed by atoms with van der Waals surface area (Å²) in [6, 6.07) is 5.39. The average Bonchev–Trinajstić information content (AvgIpc) is 2.52. The molecule has 0 heterocycles. The summed E-state index contributed by atoms with van der Waals surface area (Å²) in [6.07, 6.45) is -0.212. The molecule has 0 spiro atoms. The predicted molar refractivity (Wildman–Crippen MR) is 99.8 cm³/mol. The molecule has 0 saturated carbocycles. The number of benzene rings is 1. The minimum Gasteiger partial charge on any atom is -0.380 e. The first kappa shape index (κ1) is 23.1. The summed E-state index contributed by atoms with van der Waals surface area (Å²) in [6.45, 7) is 7.79. The lowest BCUT2D eigenvalue weighted by atomic mass is 10.0. The van der Waals surface area contributed by atoms with Crippen LogP contribution in [0.15, 0.2) is 24.3 Å². The number of hydrogen-bond acceptors (Lipinski definition) is 3. The molecule has 0 amide bonds. The number of halogens is 3. The van der Waals surface area contributed by atoms with E-state index in [9.17, 15) is 13.2 Å². The molecule has 0 fully saturated rings. The van der Waals surface area contributed by atoms with Crippen LogP contribution in [0.25, 0.3) is 0 Å². The first-order valence-electron chi connectivity index (χ1n) is 9.15. The van der Waals surface area contributed by atoms with Crippen molar-refractivity contribution in [3.63, 3.8) is 0 Å². The summed E-state index contributed by atoms with van der Waals surface area (Å²) < 4.78 is 55.1. The van der Waals surface area contributed by atoms with Gasteiger partial charge in [0.2, 0.25) is 0 Å². The molecule has 1 aromatic rings. The molecule has 0 saturated heterocycles. The smallest absolute Gasteiger partial charge is 0.380 e. The van der Waals surface area contributed by atoms with E-state index in [0.717, 1.165) is 43.4 Å². The highest BCUT2D eigenvalue weighted by Gasteiger charge is 2.33. The van der Waals surface area contributed by atoms with Crippen LogP contribution < -0.4 is 0 Å². The molecule has 7 heteroatoms. The van der Waals surface area contributed by atoms with E-state index < -0.39 is 17.7 Å². The third kappa shape index (κ3) is 8.20. The van der Waals surface area contributed by atoms with Gasteiger partial charge in [-0.15, -0.1) is 0 Å². The van der Waals surface area contributed by atoms with Gasteiger partial charge in [0.25, 0.3) is 5.97 Å². The third-order valence-corrected chi connectivity index (χ3v) is 4.49. The first-order valence-corrected chi connectivity index (χ1v) is 9.96. The van der Waals surface area contributed by atoms with Crippen molar-refractivity contribution >= 4 is 10.5 Å². The number of ether oxygens (including phenoxy) is 2. The molecule has 0 unspecified atom stereocenters. The van der Waals surface area contributed by atoms with Gasteiger partial charge in [-0.1, -0.05) is 18.6 Å². The van der Waals surface area contributed by atoms with Crippen molar-refractivity contribution in [3.05, 3.63) is 35.4 Å². The monoisotopic (exact) mass is 392 g/mol. The highest BCUT2D eigenvalue weighted by Crippen LogP contribution is 2.29. The Hall–Kier alpha value is -0.893. The van der Waals surface area contributed by atoms with Crippen molar-refractivity contribution in [1.82, 2.24) is 0 Å². The molecular formula is C19H31F3O3Si. The van der Waals surface area contributed by atoms with Gasteiger partial charge in [0.05, 0.1) is 17.8 Å². The summed E-state index contributed by atoms with van der Waals surface area (Å²) in [4.78, 5) is 0. The van der Waals surface area contributed by atoms with Crippen LogP contribution in [0.1, 0.15) is 64.5 Å². The van der Waals surface area contributed by atoms with Gasteiger partial charge in [0.1, 0.15) is 0 Å². The SMILES string of the molecule is CC(C)OC(CCCCCc1ccc(C(F)(F)F)cc1)(O[SiH3])OC(C)C. The van der Waals surface area contributed by atoms with Crippen molar-refractivity contribution in [2.24, 2.45) is 0 Å². The first-order chi connectivity index (χ1) is 12.1. The topological polar surface area (TPSA) is 27.7 Å². The number of aryl methyl sites for hydroxylation is 1. The summed E-state index contributed by atoms with van der Waals surface area (Å²) in [5.74, 6) is -0.983. The maximum absolute atomic E-state index is 12.6. The Labute approximate surface area is 157 Å². The van der Waals surface area contributed by atoms with Gasteiger partial charge in [0, 0.05) is 6.42 Å². The Morgan fingerprint density at radius 2 is 1.42 bits per heavy atom. The van der Waals surface area contributed by atoms with Gasteiger partial charge < -0.3 is 13.9 Å². The van der Waals surface area contributed by atoms with E-state index in [4.69, 9.17) is 13.9 Å². The van der Waals surface area contributed by atoms with Gasteiger partial charge in [-0.05, 0) is 64.7 Å². The molecule has 0 aliphatic heterocycles. The number of rotatable bonds is 11. The van der Waals surface area contributed by atoms with Crippen LogP contribution in [0.5, 0.6) is 0 Å². The van der Waals surface area contributed by atoms with E-state index in [-0.39, 0.29) is 12.2 Å². The van der Waals surface area contributed by atoms with E-state index in [1.165, 1.54) is 0 Å². The van der Waals surface area contributed by atoms with E-state index in [2.05, 4.69) is 0 Å². The lowest BCUT2D eigenvalue weighted by molar-refractivity contribution is -0.369. The molecule has 0 radical (unpaired) electrons. The Balaban J connectivity index is 2.45. The highest BCUT2D eigenvalue weighted by atomic mass is 28.2. The van der Waals surface area contributed by atoms with Crippen LogP contribution in [0.3, 0.4) is 0 Å². The third-order valence-electron chi connectivity index (χ3n) is 3.87. The zero-order chi connectivity index (χ0) is 19.8. The van der Waals surface area contributed by atoms with Crippen molar-refractivity contribution < 1.29 is 27.1 Å². The van der Waals surface area contributed by atoms with Crippen LogP contribution in [-0.4, -0.2) is 28.7 Å². The lowest BCUT2D eigenvalue weighted by Gasteiger charge is -2.36. The standard InChI is InChI=1S/C19H31F3O3Si/c1-14(2)23-18(25-26,24-15(3)4)13-7-5-6-8-16-9-11-17(12-10-16)19(20,21)22/h9-12,14-15H,5-8,13H2,1-4,26H3. The van der Waals surface area contributed by atoms with E-state index in [1.807, 2.05) is 27.7 Å². The van der Waals surface area contributed by atoms with Crippen molar-refractivity contribution in [1.29, 1.82) is 0 Å². The van der Waals surface area contributed by atoms with Crippen molar-refractivity contribution in [2.45, 2.75) is 84.2 Å². The second-order valence-electron chi connectivity index (χ2n) is 6.98. The molecule has 0 N–H and O–H groups in total. The molecule has 1 aromatic carbocycles.